The van der Waals surface area contributed by atoms with Gasteiger partial charge in [0.1, 0.15) is 0 Å². The van der Waals surface area contributed by atoms with Crippen molar-refractivity contribution in [2.24, 2.45) is 0 Å². The van der Waals surface area contributed by atoms with E-state index in [9.17, 15) is 4.79 Å². The van der Waals surface area contributed by atoms with Crippen molar-refractivity contribution in [3.8, 4) is 11.1 Å². The Bertz CT molecular complexity index is 650. The van der Waals surface area contributed by atoms with E-state index in [1.165, 1.54) is 16.0 Å². The summed E-state index contributed by atoms with van der Waals surface area (Å²) >= 11 is 1.61. The van der Waals surface area contributed by atoms with E-state index in [4.69, 9.17) is 0 Å². The van der Waals surface area contributed by atoms with Crippen LogP contribution in [0, 0.1) is 0 Å². The summed E-state index contributed by atoms with van der Waals surface area (Å²) in [4.78, 5) is 13.7. The third-order valence-corrected chi connectivity index (χ3v) is 4.58. The first-order valence-corrected chi connectivity index (χ1v) is 7.12. The molecule has 1 heterocycles. The molecular weight excluding hydrogens is 252 g/mol. The maximum absolute atomic E-state index is 11.6. The largest absolute Gasteiger partial charge is 0.294 e. The van der Waals surface area contributed by atoms with Crippen LogP contribution < -0.4 is 0 Å². The first kappa shape index (κ1) is 12.1. The lowest BCUT2D eigenvalue weighted by atomic mass is 9.99. The van der Waals surface area contributed by atoms with Crippen LogP contribution in [0.5, 0.6) is 0 Å². The normalized spacial score (nSPS) is 14.2. The van der Waals surface area contributed by atoms with Gasteiger partial charge in [0, 0.05) is 10.8 Å². The van der Waals surface area contributed by atoms with Gasteiger partial charge in [-0.15, -0.1) is 11.3 Å². The lowest BCUT2D eigenvalue weighted by molar-refractivity contribution is 0.102. The quantitative estimate of drug-likeness (QED) is 0.727. The molecule has 0 saturated heterocycles. The number of hydrogen-bond acceptors (Lipinski definition) is 2. The minimum Gasteiger partial charge on any atom is -0.294 e. The number of ketones is 1. The van der Waals surface area contributed by atoms with Crippen molar-refractivity contribution in [2.45, 2.75) is 12.8 Å². The van der Waals surface area contributed by atoms with E-state index in [-0.39, 0.29) is 5.78 Å². The highest BCUT2D eigenvalue weighted by Crippen LogP contribution is 2.39. The van der Waals surface area contributed by atoms with Gasteiger partial charge in [-0.3, -0.25) is 4.79 Å². The second-order valence-electron chi connectivity index (χ2n) is 4.61. The monoisotopic (exact) mass is 266 g/mol. The second kappa shape index (κ2) is 4.98. The van der Waals surface area contributed by atoms with Gasteiger partial charge in [0.15, 0.2) is 5.78 Å². The number of allylic oxidation sites excluding steroid dienone is 4. The molecule has 1 aliphatic carbocycles. The SMILES string of the molecule is CC(=O)c1cc(-c2ccccc2)c(C2C=CC=C2)s1. The predicted molar refractivity (Wildman–Crippen MR) is 80.8 cm³/mol. The number of carbonyl (C=O) groups excluding carboxylic acids is 1. The van der Waals surface area contributed by atoms with Crippen LogP contribution in [0.4, 0.5) is 0 Å². The van der Waals surface area contributed by atoms with Crippen LogP contribution in [0.25, 0.3) is 11.1 Å². The molecule has 0 atom stereocenters. The smallest absolute Gasteiger partial charge is 0.169 e. The molecule has 0 radical (unpaired) electrons. The highest BCUT2D eigenvalue weighted by atomic mass is 32.1. The summed E-state index contributed by atoms with van der Waals surface area (Å²) in [5.41, 5.74) is 2.35. The van der Waals surface area contributed by atoms with Gasteiger partial charge in [0.25, 0.3) is 0 Å². The number of hydrogen-bond donors (Lipinski definition) is 0. The lowest BCUT2D eigenvalue weighted by Crippen LogP contribution is -1.87. The van der Waals surface area contributed by atoms with Gasteiger partial charge in [-0.25, -0.2) is 0 Å². The maximum Gasteiger partial charge on any atom is 0.169 e. The molecule has 0 N–H and O–H groups in total. The van der Waals surface area contributed by atoms with Crippen molar-refractivity contribution in [1.82, 2.24) is 0 Å². The van der Waals surface area contributed by atoms with E-state index in [1.807, 2.05) is 24.3 Å². The summed E-state index contributed by atoms with van der Waals surface area (Å²) in [7, 11) is 0. The minimum atomic E-state index is 0.138. The van der Waals surface area contributed by atoms with E-state index in [0.29, 0.717) is 5.92 Å². The van der Waals surface area contributed by atoms with Crippen LogP contribution in [0.2, 0.25) is 0 Å². The van der Waals surface area contributed by atoms with Gasteiger partial charge in [0.2, 0.25) is 0 Å². The van der Waals surface area contributed by atoms with E-state index in [2.05, 4.69) is 36.4 Å². The second-order valence-corrected chi connectivity index (χ2v) is 5.69. The van der Waals surface area contributed by atoms with Crippen LogP contribution >= 0.6 is 11.3 Å². The zero-order valence-electron chi connectivity index (χ0n) is 10.7. The first-order valence-electron chi connectivity index (χ1n) is 6.31. The van der Waals surface area contributed by atoms with Crippen molar-refractivity contribution in [2.75, 3.05) is 0 Å². The van der Waals surface area contributed by atoms with Gasteiger partial charge in [0.05, 0.1) is 4.88 Å². The molecule has 2 aromatic rings. The Morgan fingerprint density at radius 1 is 1.11 bits per heavy atom. The number of thiophene rings is 1. The number of rotatable bonds is 3. The molecule has 0 bridgehead atoms. The molecule has 2 heteroatoms. The summed E-state index contributed by atoms with van der Waals surface area (Å²) in [5.74, 6) is 0.438. The van der Waals surface area contributed by atoms with Crippen molar-refractivity contribution in [3.05, 3.63) is 70.5 Å². The molecular formula is C17H14OS. The molecule has 19 heavy (non-hydrogen) atoms. The molecule has 0 spiro atoms. The van der Waals surface area contributed by atoms with Crippen molar-refractivity contribution < 1.29 is 4.79 Å². The third kappa shape index (κ3) is 2.32. The fraction of sp³-hybridized carbons (Fsp3) is 0.118. The Morgan fingerprint density at radius 2 is 1.79 bits per heavy atom. The molecule has 0 fully saturated rings. The Labute approximate surface area is 116 Å². The molecule has 1 nitrogen and oxygen atoms in total. The van der Waals surface area contributed by atoms with Crippen LogP contribution in [0.1, 0.15) is 27.4 Å². The van der Waals surface area contributed by atoms with Crippen molar-refractivity contribution in [3.63, 3.8) is 0 Å². The molecule has 0 aliphatic heterocycles. The Morgan fingerprint density at radius 3 is 2.42 bits per heavy atom. The summed E-state index contributed by atoms with van der Waals surface area (Å²) in [5, 5.41) is 0. The molecule has 94 valence electrons. The van der Waals surface area contributed by atoms with E-state index in [0.717, 1.165) is 4.88 Å². The fourth-order valence-electron chi connectivity index (χ4n) is 2.28. The standard InChI is InChI=1S/C17H14OS/c1-12(18)16-11-15(13-7-3-2-4-8-13)17(19-16)14-9-5-6-10-14/h2-11,14H,1H3. The van der Waals surface area contributed by atoms with Crippen molar-refractivity contribution >= 4 is 17.1 Å². The first-order chi connectivity index (χ1) is 9.25. The maximum atomic E-state index is 11.6. The molecule has 0 amide bonds. The summed E-state index contributed by atoms with van der Waals surface area (Å²) in [6.07, 6.45) is 8.46. The van der Waals surface area contributed by atoms with Crippen LogP contribution in [-0.2, 0) is 0 Å². The van der Waals surface area contributed by atoms with Crippen LogP contribution in [0.3, 0.4) is 0 Å². The van der Waals surface area contributed by atoms with Crippen molar-refractivity contribution in [1.29, 1.82) is 0 Å². The Hall–Kier alpha value is -1.93. The third-order valence-electron chi connectivity index (χ3n) is 3.24. The topological polar surface area (TPSA) is 17.1 Å². The number of Topliss-reactive ketones (excluding diaryl/α,β-unsaturated/α-hetero) is 1. The zero-order valence-corrected chi connectivity index (χ0v) is 11.5. The lowest BCUT2D eigenvalue weighted by Gasteiger charge is -2.07. The number of benzene rings is 1. The zero-order chi connectivity index (χ0) is 13.2. The fourth-order valence-corrected chi connectivity index (χ4v) is 3.41. The average molecular weight is 266 g/mol. The highest BCUT2D eigenvalue weighted by molar-refractivity contribution is 7.14. The van der Waals surface area contributed by atoms with Gasteiger partial charge in [-0.2, -0.15) is 0 Å². The predicted octanol–water partition coefficient (Wildman–Crippen LogP) is 4.83. The number of carbonyl (C=O) groups is 1. The molecule has 1 aromatic heterocycles. The van der Waals surface area contributed by atoms with Crippen LogP contribution in [0.15, 0.2) is 60.7 Å². The summed E-state index contributed by atoms with van der Waals surface area (Å²) in [6, 6.07) is 12.3. The van der Waals surface area contributed by atoms with Gasteiger partial charge in [-0.05, 0) is 24.1 Å². The summed E-state index contributed by atoms with van der Waals surface area (Å²) < 4.78 is 0. The van der Waals surface area contributed by atoms with E-state index >= 15 is 0 Å². The molecule has 0 unspecified atom stereocenters. The molecule has 1 aromatic carbocycles. The molecule has 3 rings (SSSR count). The van der Waals surface area contributed by atoms with Gasteiger partial charge < -0.3 is 0 Å². The van der Waals surface area contributed by atoms with Gasteiger partial charge >= 0.3 is 0 Å². The van der Waals surface area contributed by atoms with E-state index in [1.54, 1.807) is 18.3 Å². The summed E-state index contributed by atoms with van der Waals surface area (Å²) in [6.45, 7) is 1.63. The Kier molecular flexibility index (Phi) is 3.18. The molecule has 0 saturated carbocycles. The van der Waals surface area contributed by atoms with Gasteiger partial charge in [-0.1, -0.05) is 54.6 Å². The Balaban J connectivity index is 2.14. The highest BCUT2D eigenvalue weighted by Gasteiger charge is 2.18. The van der Waals surface area contributed by atoms with Crippen LogP contribution in [-0.4, -0.2) is 5.78 Å². The average Bonchev–Trinajstić information content (AvgIpc) is 3.08. The van der Waals surface area contributed by atoms with E-state index < -0.39 is 0 Å². The molecule has 1 aliphatic rings. The minimum absolute atomic E-state index is 0.138.